The molecule has 2 atom stereocenters. The number of benzene rings is 3. The van der Waals surface area contributed by atoms with Crippen molar-refractivity contribution in [2.24, 2.45) is 4.99 Å². The number of rotatable bonds is 4. The predicted octanol–water partition coefficient (Wildman–Crippen LogP) is 8.03. The fourth-order valence-electron chi connectivity index (χ4n) is 4.22. The Labute approximate surface area is 183 Å². The molecule has 0 bridgehead atoms. The van der Waals surface area contributed by atoms with E-state index in [1.54, 1.807) is 0 Å². The number of allylic oxidation sites excluding steroid dienone is 4. The quantitative estimate of drug-likeness (QED) is 0.426. The van der Waals surface area contributed by atoms with Crippen molar-refractivity contribution in [3.8, 4) is 0 Å². The second kappa shape index (κ2) is 8.12. The van der Waals surface area contributed by atoms with Crippen molar-refractivity contribution in [1.29, 1.82) is 0 Å². The lowest BCUT2D eigenvalue weighted by molar-refractivity contribution is 0.861. The molecule has 2 heteroatoms. The number of thioether (sulfide) groups is 1. The molecule has 0 spiro atoms. The minimum atomic E-state index is 0.376. The van der Waals surface area contributed by atoms with Crippen LogP contribution in [0.25, 0.3) is 0 Å². The molecule has 3 aromatic rings. The first-order chi connectivity index (χ1) is 14.7. The Kier molecular flexibility index (Phi) is 5.18. The maximum absolute atomic E-state index is 5.02. The Hall–Kier alpha value is -2.84. The van der Waals surface area contributed by atoms with Gasteiger partial charge in [-0.3, -0.25) is 0 Å². The van der Waals surface area contributed by atoms with Gasteiger partial charge in [0.25, 0.3) is 0 Å². The van der Waals surface area contributed by atoms with Gasteiger partial charge in [-0.1, -0.05) is 104 Å². The molecule has 0 saturated heterocycles. The van der Waals surface area contributed by atoms with Gasteiger partial charge in [0.2, 0.25) is 0 Å². The van der Waals surface area contributed by atoms with Gasteiger partial charge in [-0.25, -0.2) is 4.99 Å². The number of aliphatic imine (C=N–C) groups is 1. The Bertz CT molecular complexity index is 1160. The average molecular weight is 408 g/mol. The van der Waals surface area contributed by atoms with Crippen molar-refractivity contribution in [2.75, 3.05) is 0 Å². The maximum Gasteiger partial charge on any atom is 0.0777 e. The normalized spacial score (nSPS) is 17.1. The van der Waals surface area contributed by atoms with Gasteiger partial charge in [-0.2, -0.15) is 0 Å². The van der Waals surface area contributed by atoms with Crippen molar-refractivity contribution in [2.45, 2.75) is 37.0 Å². The monoisotopic (exact) mass is 407 g/mol. The molecular weight excluding hydrogens is 382 g/mol. The summed E-state index contributed by atoms with van der Waals surface area (Å²) in [4.78, 5) is 7.57. The molecule has 5 rings (SSSR count). The Morgan fingerprint density at radius 1 is 0.767 bits per heavy atom. The predicted molar refractivity (Wildman–Crippen MR) is 129 cm³/mol. The van der Waals surface area contributed by atoms with Crippen LogP contribution in [0.2, 0.25) is 0 Å². The van der Waals surface area contributed by atoms with E-state index in [-0.39, 0.29) is 0 Å². The highest BCUT2D eigenvalue weighted by atomic mass is 32.2. The molecule has 3 aromatic carbocycles. The van der Waals surface area contributed by atoms with Crippen molar-refractivity contribution >= 4 is 23.2 Å². The van der Waals surface area contributed by atoms with Crippen molar-refractivity contribution < 1.29 is 0 Å². The Morgan fingerprint density at radius 2 is 1.43 bits per heavy atom. The van der Waals surface area contributed by atoms with E-state index in [4.69, 9.17) is 4.99 Å². The summed E-state index contributed by atoms with van der Waals surface area (Å²) in [5, 5.41) is 0. The fourth-order valence-corrected chi connectivity index (χ4v) is 5.24. The highest BCUT2D eigenvalue weighted by Crippen LogP contribution is 2.45. The van der Waals surface area contributed by atoms with Gasteiger partial charge in [0.15, 0.2) is 0 Å². The number of hydrogen-bond acceptors (Lipinski definition) is 2. The van der Waals surface area contributed by atoms with E-state index in [9.17, 15) is 0 Å². The molecule has 0 fully saturated rings. The van der Waals surface area contributed by atoms with Crippen LogP contribution in [0, 0.1) is 0 Å². The standard InChI is InChI=1S/C28H25NS/c1-19(21-9-5-3-6-10-21)23-14-16-27-26(17-23)29-25-15-13-24(18-28(25)30-27)20(2)22-11-7-4-8-12-22/h3-13,15-20H,14H2,1-2H3. The molecule has 1 nitrogen and oxygen atoms in total. The molecule has 0 N–H and O–H groups in total. The van der Waals surface area contributed by atoms with Crippen LogP contribution in [-0.4, -0.2) is 5.71 Å². The second-order valence-electron chi connectivity index (χ2n) is 8.08. The minimum Gasteiger partial charge on any atom is -0.247 e. The summed E-state index contributed by atoms with van der Waals surface area (Å²) in [6.07, 6.45) is 5.66. The highest BCUT2D eigenvalue weighted by Gasteiger charge is 2.23. The first kappa shape index (κ1) is 19.1. The van der Waals surface area contributed by atoms with E-state index in [1.807, 2.05) is 11.8 Å². The van der Waals surface area contributed by atoms with Gasteiger partial charge < -0.3 is 0 Å². The van der Waals surface area contributed by atoms with E-state index in [0.29, 0.717) is 11.8 Å². The number of nitrogens with zero attached hydrogens (tertiary/aromatic N) is 1. The summed E-state index contributed by atoms with van der Waals surface area (Å²) in [5.41, 5.74) is 7.69. The van der Waals surface area contributed by atoms with Crippen LogP contribution >= 0.6 is 11.8 Å². The van der Waals surface area contributed by atoms with E-state index in [1.165, 1.54) is 32.1 Å². The number of fused-ring (bicyclic) bond motifs is 2. The summed E-state index contributed by atoms with van der Waals surface area (Å²) in [7, 11) is 0. The van der Waals surface area contributed by atoms with Gasteiger partial charge in [-0.15, -0.1) is 0 Å². The molecule has 148 valence electrons. The molecule has 2 unspecified atom stereocenters. The van der Waals surface area contributed by atoms with Crippen molar-refractivity contribution in [1.82, 2.24) is 0 Å². The molecular formula is C28H25NS. The summed E-state index contributed by atoms with van der Waals surface area (Å²) in [6.45, 7) is 4.57. The third-order valence-electron chi connectivity index (χ3n) is 6.20. The summed E-state index contributed by atoms with van der Waals surface area (Å²) in [6, 6.07) is 28.2. The van der Waals surface area contributed by atoms with Crippen LogP contribution in [0.5, 0.6) is 0 Å². The first-order valence-corrected chi connectivity index (χ1v) is 11.4. The van der Waals surface area contributed by atoms with Gasteiger partial charge in [0.1, 0.15) is 0 Å². The molecule has 0 aromatic heterocycles. The maximum atomic E-state index is 5.02. The molecule has 0 radical (unpaired) electrons. The largest absolute Gasteiger partial charge is 0.247 e. The zero-order valence-electron chi connectivity index (χ0n) is 17.4. The fraction of sp³-hybridized carbons (Fsp3) is 0.179. The Balaban J connectivity index is 1.44. The van der Waals surface area contributed by atoms with Crippen LogP contribution < -0.4 is 0 Å². The minimum absolute atomic E-state index is 0.376. The van der Waals surface area contributed by atoms with Crippen LogP contribution in [0.15, 0.2) is 111 Å². The van der Waals surface area contributed by atoms with E-state index in [0.717, 1.165) is 17.8 Å². The lowest BCUT2D eigenvalue weighted by Crippen LogP contribution is -2.10. The summed E-state index contributed by atoms with van der Waals surface area (Å²) < 4.78 is 0. The smallest absolute Gasteiger partial charge is 0.0777 e. The van der Waals surface area contributed by atoms with Crippen molar-refractivity contribution in [3.63, 3.8) is 0 Å². The van der Waals surface area contributed by atoms with Gasteiger partial charge in [-0.05, 0) is 41.3 Å². The lowest BCUT2D eigenvalue weighted by Gasteiger charge is -2.24. The first-order valence-electron chi connectivity index (χ1n) is 10.6. The van der Waals surface area contributed by atoms with E-state index < -0.39 is 0 Å². The molecule has 1 heterocycles. The molecule has 1 aliphatic carbocycles. The van der Waals surface area contributed by atoms with Crippen molar-refractivity contribution in [3.05, 3.63) is 118 Å². The zero-order chi connectivity index (χ0) is 20.5. The zero-order valence-corrected chi connectivity index (χ0v) is 18.2. The topological polar surface area (TPSA) is 12.4 Å². The van der Waals surface area contributed by atoms with E-state index in [2.05, 4.69) is 105 Å². The summed E-state index contributed by atoms with van der Waals surface area (Å²) >= 11 is 1.86. The van der Waals surface area contributed by atoms with Crippen LogP contribution in [0.1, 0.15) is 48.8 Å². The second-order valence-corrected chi connectivity index (χ2v) is 9.17. The van der Waals surface area contributed by atoms with Gasteiger partial charge in [0.05, 0.1) is 11.4 Å². The van der Waals surface area contributed by atoms with Crippen LogP contribution in [0.3, 0.4) is 0 Å². The molecule has 30 heavy (non-hydrogen) atoms. The molecule has 2 aliphatic rings. The highest BCUT2D eigenvalue weighted by molar-refractivity contribution is 8.04. The number of hydrogen-bond donors (Lipinski definition) is 0. The van der Waals surface area contributed by atoms with Gasteiger partial charge in [0, 0.05) is 21.6 Å². The third-order valence-corrected chi connectivity index (χ3v) is 7.34. The molecule has 0 amide bonds. The van der Waals surface area contributed by atoms with E-state index >= 15 is 0 Å². The van der Waals surface area contributed by atoms with Crippen LogP contribution in [0.4, 0.5) is 5.69 Å². The van der Waals surface area contributed by atoms with Crippen LogP contribution in [-0.2, 0) is 0 Å². The average Bonchev–Trinajstić information content (AvgIpc) is 2.82. The lowest BCUT2D eigenvalue weighted by atomic mass is 9.88. The summed E-state index contributed by atoms with van der Waals surface area (Å²) in [5.74, 6) is 0.785. The van der Waals surface area contributed by atoms with Gasteiger partial charge >= 0.3 is 0 Å². The SMILES string of the molecule is CC(C1=CC2=Nc3ccc(C(C)c4ccccc4)cc3SC2=CC1)c1ccccc1. The molecule has 0 saturated carbocycles. The molecule has 1 aliphatic heterocycles. The third kappa shape index (κ3) is 3.68. The Morgan fingerprint density at radius 3 is 2.13 bits per heavy atom.